The highest BCUT2D eigenvalue weighted by Gasteiger charge is 2.13. The summed E-state index contributed by atoms with van der Waals surface area (Å²) in [7, 11) is 1.67. The number of amides is 1. The van der Waals surface area contributed by atoms with Crippen LogP contribution in [0.3, 0.4) is 0 Å². The molecule has 1 heterocycles. The van der Waals surface area contributed by atoms with Gasteiger partial charge in [-0.2, -0.15) is 0 Å². The molecule has 0 saturated heterocycles. The van der Waals surface area contributed by atoms with Gasteiger partial charge in [0.15, 0.2) is 0 Å². The third kappa shape index (κ3) is 4.15. The fourth-order valence-electron chi connectivity index (χ4n) is 1.84. The predicted octanol–water partition coefficient (Wildman–Crippen LogP) is 2.50. The Labute approximate surface area is 126 Å². The molecule has 0 unspecified atom stereocenters. The molecule has 0 fully saturated rings. The molecule has 0 spiro atoms. The van der Waals surface area contributed by atoms with Crippen molar-refractivity contribution in [3.63, 3.8) is 0 Å². The van der Waals surface area contributed by atoms with Crippen LogP contribution in [0.2, 0.25) is 0 Å². The number of thiophene rings is 1. The van der Waals surface area contributed by atoms with Crippen LogP contribution in [0.4, 0.5) is 4.39 Å². The second-order valence-electron chi connectivity index (χ2n) is 4.45. The van der Waals surface area contributed by atoms with Gasteiger partial charge in [-0.05, 0) is 35.2 Å². The van der Waals surface area contributed by atoms with E-state index < -0.39 is 5.82 Å². The quantitative estimate of drug-likeness (QED) is 0.885. The number of carbonyl (C=O) groups is 1. The summed E-state index contributed by atoms with van der Waals surface area (Å²) >= 11 is 1.46. The van der Waals surface area contributed by atoms with Crippen molar-refractivity contribution in [1.82, 2.24) is 4.90 Å². The Morgan fingerprint density at radius 2 is 2.24 bits per heavy atom. The molecule has 1 amide bonds. The first kappa shape index (κ1) is 15.2. The first-order valence-electron chi connectivity index (χ1n) is 6.28. The third-order valence-corrected chi connectivity index (χ3v) is 3.68. The standard InChI is InChI=1S/C16H14FNO2S/c1-18(16(20)13-4-2-5-14(17)9-13)10-12-8-15(21-11-12)6-3-7-19/h2,4-5,8-9,11,19H,7,10H2,1H3. The maximum Gasteiger partial charge on any atom is 0.253 e. The predicted molar refractivity (Wildman–Crippen MR) is 80.5 cm³/mol. The molecule has 1 aromatic carbocycles. The van der Waals surface area contributed by atoms with Gasteiger partial charge in [0, 0.05) is 19.2 Å². The Kier molecular flexibility index (Phi) is 5.09. The van der Waals surface area contributed by atoms with E-state index in [4.69, 9.17) is 5.11 Å². The van der Waals surface area contributed by atoms with E-state index in [2.05, 4.69) is 11.8 Å². The number of benzene rings is 1. The van der Waals surface area contributed by atoms with E-state index >= 15 is 0 Å². The fourth-order valence-corrected chi connectivity index (χ4v) is 2.61. The summed E-state index contributed by atoms with van der Waals surface area (Å²) in [6.45, 7) is 0.248. The van der Waals surface area contributed by atoms with Gasteiger partial charge in [0.25, 0.3) is 5.91 Å². The lowest BCUT2D eigenvalue weighted by molar-refractivity contribution is 0.0784. The van der Waals surface area contributed by atoms with E-state index in [-0.39, 0.29) is 12.5 Å². The number of carbonyl (C=O) groups excluding carboxylic acids is 1. The second kappa shape index (κ2) is 7.02. The molecule has 5 heteroatoms. The van der Waals surface area contributed by atoms with Crippen LogP contribution in [-0.2, 0) is 6.54 Å². The Morgan fingerprint density at radius 1 is 1.43 bits per heavy atom. The summed E-state index contributed by atoms with van der Waals surface area (Å²) in [6.07, 6.45) is 0. The van der Waals surface area contributed by atoms with E-state index in [1.54, 1.807) is 13.1 Å². The average Bonchev–Trinajstić information content (AvgIpc) is 2.91. The molecule has 1 N–H and O–H groups in total. The molecule has 0 saturated carbocycles. The molecule has 0 aliphatic heterocycles. The van der Waals surface area contributed by atoms with Crippen LogP contribution in [0.1, 0.15) is 20.8 Å². The molecule has 1 aromatic heterocycles. The SMILES string of the molecule is CN(Cc1csc(C#CCO)c1)C(=O)c1cccc(F)c1. The molecule has 0 radical (unpaired) electrons. The minimum atomic E-state index is -0.425. The van der Waals surface area contributed by atoms with Crippen molar-refractivity contribution in [2.75, 3.05) is 13.7 Å². The van der Waals surface area contributed by atoms with Gasteiger partial charge < -0.3 is 10.0 Å². The van der Waals surface area contributed by atoms with Crippen molar-refractivity contribution in [2.45, 2.75) is 6.54 Å². The summed E-state index contributed by atoms with van der Waals surface area (Å²) in [5, 5.41) is 10.6. The van der Waals surface area contributed by atoms with Gasteiger partial charge >= 0.3 is 0 Å². The lowest BCUT2D eigenvalue weighted by Crippen LogP contribution is -2.26. The smallest absolute Gasteiger partial charge is 0.253 e. The minimum Gasteiger partial charge on any atom is -0.384 e. The number of hydrogen-bond donors (Lipinski definition) is 1. The Hall–Kier alpha value is -2.16. The molecule has 2 aromatic rings. The topological polar surface area (TPSA) is 40.5 Å². The summed E-state index contributed by atoms with van der Waals surface area (Å²) in [5.74, 6) is 4.74. The Bertz CT molecular complexity index is 700. The highest BCUT2D eigenvalue weighted by molar-refractivity contribution is 7.10. The van der Waals surface area contributed by atoms with Crippen molar-refractivity contribution in [1.29, 1.82) is 0 Å². The molecule has 0 aliphatic rings. The molecular weight excluding hydrogens is 289 g/mol. The van der Waals surface area contributed by atoms with Crippen LogP contribution in [0.15, 0.2) is 35.7 Å². The van der Waals surface area contributed by atoms with Crippen molar-refractivity contribution in [2.24, 2.45) is 0 Å². The van der Waals surface area contributed by atoms with Gasteiger partial charge in [-0.1, -0.05) is 17.9 Å². The summed E-state index contributed by atoms with van der Waals surface area (Å²) in [6, 6.07) is 7.52. The number of hydrogen-bond acceptors (Lipinski definition) is 3. The number of rotatable bonds is 3. The van der Waals surface area contributed by atoms with Crippen molar-refractivity contribution >= 4 is 17.2 Å². The van der Waals surface area contributed by atoms with Crippen molar-refractivity contribution in [3.05, 3.63) is 57.5 Å². The zero-order chi connectivity index (χ0) is 15.2. The minimum absolute atomic E-state index is 0.175. The molecule has 2 rings (SSSR count). The number of aliphatic hydroxyl groups excluding tert-OH is 1. The van der Waals surface area contributed by atoms with Crippen LogP contribution in [-0.4, -0.2) is 29.6 Å². The fraction of sp³-hybridized carbons (Fsp3) is 0.188. The van der Waals surface area contributed by atoms with E-state index in [0.29, 0.717) is 12.1 Å². The van der Waals surface area contributed by atoms with Gasteiger partial charge in [0.1, 0.15) is 12.4 Å². The van der Waals surface area contributed by atoms with Crippen LogP contribution in [0.25, 0.3) is 0 Å². The van der Waals surface area contributed by atoms with E-state index in [1.807, 2.05) is 11.4 Å². The molecule has 21 heavy (non-hydrogen) atoms. The zero-order valence-corrected chi connectivity index (χ0v) is 12.3. The first-order valence-corrected chi connectivity index (χ1v) is 7.16. The van der Waals surface area contributed by atoms with Gasteiger partial charge in [0.2, 0.25) is 0 Å². The molecule has 0 aliphatic carbocycles. The van der Waals surface area contributed by atoms with Gasteiger partial charge in [-0.25, -0.2) is 4.39 Å². The van der Waals surface area contributed by atoms with E-state index in [1.165, 1.54) is 34.4 Å². The number of halogens is 1. The summed E-state index contributed by atoms with van der Waals surface area (Å²) in [4.78, 5) is 14.5. The van der Waals surface area contributed by atoms with Gasteiger partial charge in [-0.3, -0.25) is 4.79 Å². The normalized spacial score (nSPS) is 9.86. The van der Waals surface area contributed by atoms with Crippen LogP contribution in [0, 0.1) is 17.7 Å². The van der Waals surface area contributed by atoms with Gasteiger partial charge in [-0.15, -0.1) is 11.3 Å². The maximum absolute atomic E-state index is 13.1. The monoisotopic (exact) mass is 303 g/mol. The Morgan fingerprint density at radius 3 is 2.95 bits per heavy atom. The Balaban J connectivity index is 2.05. The van der Waals surface area contributed by atoms with E-state index in [9.17, 15) is 9.18 Å². The van der Waals surface area contributed by atoms with Crippen molar-refractivity contribution < 1.29 is 14.3 Å². The largest absolute Gasteiger partial charge is 0.384 e. The average molecular weight is 303 g/mol. The lowest BCUT2D eigenvalue weighted by atomic mass is 10.2. The maximum atomic E-state index is 13.1. The summed E-state index contributed by atoms with van der Waals surface area (Å²) < 4.78 is 13.1. The highest BCUT2D eigenvalue weighted by Crippen LogP contribution is 2.16. The highest BCUT2D eigenvalue weighted by atomic mass is 32.1. The molecule has 0 bridgehead atoms. The second-order valence-corrected chi connectivity index (χ2v) is 5.36. The molecular formula is C16H14FNO2S. The molecule has 0 atom stereocenters. The molecule has 108 valence electrons. The van der Waals surface area contributed by atoms with Crippen LogP contribution in [0.5, 0.6) is 0 Å². The van der Waals surface area contributed by atoms with Crippen LogP contribution < -0.4 is 0 Å². The summed E-state index contributed by atoms with van der Waals surface area (Å²) in [5.41, 5.74) is 1.28. The zero-order valence-electron chi connectivity index (χ0n) is 11.5. The third-order valence-electron chi connectivity index (χ3n) is 2.78. The number of aliphatic hydroxyl groups is 1. The van der Waals surface area contributed by atoms with Crippen LogP contribution >= 0.6 is 11.3 Å². The van der Waals surface area contributed by atoms with Crippen molar-refractivity contribution in [3.8, 4) is 11.8 Å². The van der Waals surface area contributed by atoms with E-state index in [0.717, 1.165) is 10.4 Å². The van der Waals surface area contributed by atoms with Gasteiger partial charge in [0.05, 0.1) is 4.88 Å². The molecule has 3 nitrogen and oxygen atoms in total. The first-order chi connectivity index (χ1) is 10.1. The lowest BCUT2D eigenvalue weighted by Gasteiger charge is -2.16. The number of nitrogens with zero attached hydrogens (tertiary/aromatic N) is 1.